The van der Waals surface area contributed by atoms with E-state index in [1.165, 1.54) is 23.1 Å². The van der Waals surface area contributed by atoms with Crippen molar-refractivity contribution in [3.63, 3.8) is 0 Å². The molecule has 35 heavy (non-hydrogen) atoms. The maximum absolute atomic E-state index is 12.5. The van der Waals surface area contributed by atoms with E-state index in [0.29, 0.717) is 50.5 Å². The van der Waals surface area contributed by atoms with E-state index in [2.05, 4.69) is 20.5 Å². The first-order chi connectivity index (χ1) is 17.1. The molecule has 3 aromatic heterocycles. The zero-order valence-electron chi connectivity index (χ0n) is 18.0. The molecule has 11 heteroatoms. The van der Waals surface area contributed by atoms with Crippen LogP contribution in [0.1, 0.15) is 21.1 Å². The Morgan fingerprint density at radius 3 is 2.71 bits per heavy atom. The predicted molar refractivity (Wildman–Crippen MR) is 138 cm³/mol. The summed E-state index contributed by atoms with van der Waals surface area (Å²) in [5.74, 6) is 1.36. The predicted octanol–water partition coefficient (Wildman–Crippen LogP) is 6.51. The van der Waals surface area contributed by atoms with Crippen LogP contribution in [-0.4, -0.2) is 25.7 Å². The number of rotatable bonds is 8. The highest BCUT2D eigenvalue weighted by molar-refractivity contribution is 7.98. The summed E-state index contributed by atoms with van der Waals surface area (Å²) in [6.45, 7) is 0.446. The fraction of sp³-hybridized carbons (Fsp3) is 0.0833. The van der Waals surface area contributed by atoms with Gasteiger partial charge in [0, 0.05) is 16.9 Å². The van der Waals surface area contributed by atoms with Crippen molar-refractivity contribution >= 4 is 52.2 Å². The fourth-order valence-electron chi connectivity index (χ4n) is 3.29. The van der Waals surface area contributed by atoms with Crippen LogP contribution in [0.3, 0.4) is 0 Å². The number of aromatic nitrogens is 4. The summed E-state index contributed by atoms with van der Waals surface area (Å²) < 4.78 is 7.37. The van der Waals surface area contributed by atoms with Gasteiger partial charge in [0.2, 0.25) is 5.82 Å². The van der Waals surface area contributed by atoms with Crippen LogP contribution in [0.2, 0.25) is 10.0 Å². The first-order valence-corrected chi connectivity index (χ1v) is 13.0. The van der Waals surface area contributed by atoms with Crippen molar-refractivity contribution in [1.82, 2.24) is 25.1 Å². The zero-order chi connectivity index (χ0) is 24.2. The first-order valence-electron chi connectivity index (χ1n) is 10.4. The number of furan rings is 1. The van der Waals surface area contributed by atoms with Gasteiger partial charge in [0.25, 0.3) is 5.91 Å². The number of carbonyl (C=O) groups excluding carboxylic acids is 1. The molecular weight excluding hydrogens is 525 g/mol. The Morgan fingerprint density at radius 2 is 1.94 bits per heavy atom. The number of nitrogens with zero attached hydrogens (tertiary/aromatic N) is 4. The number of halogens is 2. The van der Waals surface area contributed by atoms with Gasteiger partial charge >= 0.3 is 0 Å². The first kappa shape index (κ1) is 23.6. The van der Waals surface area contributed by atoms with Crippen LogP contribution < -0.4 is 5.32 Å². The minimum absolute atomic E-state index is 0.211. The summed E-state index contributed by atoms with van der Waals surface area (Å²) in [5.41, 5.74) is 2.09. The van der Waals surface area contributed by atoms with Crippen LogP contribution in [-0.2, 0) is 12.3 Å². The summed E-state index contributed by atoms with van der Waals surface area (Å²) in [6.07, 6.45) is 1.57. The number of carbonyl (C=O) groups is 1. The molecular formula is C24H17Cl2N5O2S2. The van der Waals surface area contributed by atoms with Gasteiger partial charge in [-0.1, -0.05) is 65.3 Å². The zero-order valence-corrected chi connectivity index (χ0v) is 21.2. The molecule has 3 heterocycles. The number of hydrogen-bond acceptors (Lipinski definition) is 7. The van der Waals surface area contributed by atoms with Crippen LogP contribution in [0.25, 0.3) is 17.3 Å². The molecule has 0 unspecified atom stereocenters. The lowest BCUT2D eigenvalue weighted by molar-refractivity contribution is 0.0946. The van der Waals surface area contributed by atoms with Crippen LogP contribution in [0, 0.1) is 0 Å². The molecule has 0 spiro atoms. The number of hydrogen-bond donors (Lipinski definition) is 1. The Labute approximate surface area is 219 Å². The Hall–Kier alpha value is -3.11. The van der Waals surface area contributed by atoms with Crippen LogP contribution in [0.15, 0.2) is 81.9 Å². The summed E-state index contributed by atoms with van der Waals surface area (Å²) in [4.78, 5) is 17.0. The lowest BCUT2D eigenvalue weighted by Crippen LogP contribution is -2.23. The van der Waals surface area contributed by atoms with Gasteiger partial charge in [-0.3, -0.25) is 9.36 Å². The quantitative estimate of drug-likeness (QED) is 0.225. The third-order valence-electron chi connectivity index (χ3n) is 4.93. The average Bonchev–Trinajstić information content (AvgIpc) is 3.63. The van der Waals surface area contributed by atoms with E-state index in [1.54, 1.807) is 35.9 Å². The molecule has 0 fully saturated rings. The number of thioether (sulfide) groups is 1. The van der Waals surface area contributed by atoms with Crippen molar-refractivity contribution in [2.24, 2.45) is 0 Å². The third-order valence-corrected chi connectivity index (χ3v) is 7.44. The van der Waals surface area contributed by atoms with Crippen molar-refractivity contribution in [2.45, 2.75) is 17.5 Å². The molecule has 0 saturated carbocycles. The Bertz CT molecular complexity index is 1450. The molecule has 0 saturated heterocycles. The molecule has 0 aliphatic rings. The van der Waals surface area contributed by atoms with Crippen molar-refractivity contribution < 1.29 is 9.21 Å². The number of amides is 1. The van der Waals surface area contributed by atoms with Gasteiger partial charge < -0.3 is 9.73 Å². The van der Waals surface area contributed by atoms with Crippen LogP contribution in [0.4, 0.5) is 0 Å². The Morgan fingerprint density at radius 1 is 1.09 bits per heavy atom. The van der Waals surface area contributed by atoms with Gasteiger partial charge in [-0.25, -0.2) is 4.98 Å². The lowest BCUT2D eigenvalue weighted by atomic mass is 10.2. The topological polar surface area (TPSA) is 85.8 Å². The summed E-state index contributed by atoms with van der Waals surface area (Å²) >= 11 is 15.4. The molecule has 0 atom stereocenters. The highest BCUT2D eigenvalue weighted by Gasteiger charge is 2.21. The van der Waals surface area contributed by atoms with Crippen LogP contribution in [0.5, 0.6) is 0 Å². The monoisotopic (exact) mass is 541 g/mol. The largest absolute Gasteiger partial charge is 0.461 e. The number of benzene rings is 2. The highest BCUT2D eigenvalue weighted by Crippen LogP contribution is 2.34. The second kappa shape index (κ2) is 10.7. The van der Waals surface area contributed by atoms with Crippen LogP contribution >= 0.6 is 46.3 Å². The minimum Gasteiger partial charge on any atom is -0.461 e. The maximum Gasteiger partial charge on any atom is 0.271 e. The highest BCUT2D eigenvalue weighted by atomic mass is 35.5. The second-order valence-electron chi connectivity index (χ2n) is 7.30. The lowest BCUT2D eigenvalue weighted by Gasteiger charge is -2.11. The van der Waals surface area contributed by atoms with Gasteiger partial charge in [-0.15, -0.1) is 21.5 Å². The molecule has 0 aliphatic heterocycles. The Kier molecular flexibility index (Phi) is 7.19. The van der Waals surface area contributed by atoms with E-state index in [1.807, 2.05) is 41.0 Å². The molecule has 5 aromatic rings. The van der Waals surface area contributed by atoms with E-state index >= 15 is 0 Å². The normalized spacial score (nSPS) is 11.0. The molecule has 176 valence electrons. The molecule has 7 nitrogen and oxygen atoms in total. The molecule has 0 aliphatic carbocycles. The molecule has 5 rings (SSSR count). The SMILES string of the molecule is O=C(NCc1ccccc1)c1csc(CSc2nnc(-c3ccco3)n2-c2ccc(Cl)cc2Cl)n1. The van der Waals surface area contributed by atoms with Gasteiger partial charge in [0.05, 0.1) is 22.7 Å². The van der Waals surface area contributed by atoms with Gasteiger partial charge in [-0.05, 0) is 35.9 Å². The summed E-state index contributed by atoms with van der Waals surface area (Å²) in [5, 5.41) is 15.7. The second-order valence-corrected chi connectivity index (χ2v) is 10.0. The Balaban J connectivity index is 1.33. The summed E-state index contributed by atoms with van der Waals surface area (Å²) in [7, 11) is 0. The van der Waals surface area contributed by atoms with E-state index in [-0.39, 0.29) is 5.91 Å². The third kappa shape index (κ3) is 5.43. The average molecular weight is 542 g/mol. The van der Waals surface area contributed by atoms with Crippen molar-refractivity contribution in [1.29, 1.82) is 0 Å². The van der Waals surface area contributed by atoms with E-state index < -0.39 is 0 Å². The van der Waals surface area contributed by atoms with E-state index in [4.69, 9.17) is 27.6 Å². The fourth-order valence-corrected chi connectivity index (χ4v) is 5.52. The van der Waals surface area contributed by atoms with E-state index in [9.17, 15) is 4.79 Å². The van der Waals surface area contributed by atoms with Gasteiger partial charge in [0.15, 0.2) is 10.9 Å². The molecule has 0 bridgehead atoms. The number of nitrogens with one attached hydrogen (secondary N) is 1. The van der Waals surface area contributed by atoms with E-state index in [0.717, 1.165) is 10.6 Å². The summed E-state index contributed by atoms with van der Waals surface area (Å²) in [6, 6.07) is 18.6. The van der Waals surface area contributed by atoms with Gasteiger partial charge in [-0.2, -0.15) is 0 Å². The maximum atomic E-state index is 12.5. The van der Waals surface area contributed by atoms with Crippen molar-refractivity contribution in [3.05, 3.63) is 98.6 Å². The minimum atomic E-state index is -0.211. The standard InChI is InChI=1S/C24H17Cl2N5O2S2/c25-16-8-9-19(17(26)11-16)31-22(20-7-4-10-33-20)29-30-24(31)35-14-21-28-18(13-34-21)23(32)27-12-15-5-2-1-3-6-15/h1-11,13H,12,14H2,(H,27,32). The molecule has 1 N–H and O–H groups in total. The number of thiazole rings is 1. The molecule has 0 radical (unpaired) electrons. The molecule has 1 amide bonds. The van der Waals surface area contributed by atoms with Crippen molar-refractivity contribution in [2.75, 3.05) is 0 Å². The van der Waals surface area contributed by atoms with Gasteiger partial charge in [0.1, 0.15) is 10.7 Å². The van der Waals surface area contributed by atoms with Crippen molar-refractivity contribution in [3.8, 4) is 17.3 Å². The smallest absolute Gasteiger partial charge is 0.271 e. The molecule has 2 aromatic carbocycles.